The van der Waals surface area contributed by atoms with Crippen LogP contribution < -0.4 is 5.73 Å². The average Bonchev–Trinajstić information content (AvgIpc) is 2.85. The van der Waals surface area contributed by atoms with Crippen LogP contribution in [0.3, 0.4) is 0 Å². The summed E-state index contributed by atoms with van der Waals surface area (Å²) in [5.74, 6) is 0.663. The molecule has 0 atom stereocenters. The lowest BCUT2D eigenvalue weighted by atomic mass is 10.1. The Morgan fingerprint density at radius 1 is 1.38 bits per heavy atom. The first-order chi connectivity index (χ1) is 7.75. The molecule has 80 valence electrons. The molecule has 3 aromatic rings. The van der Waals surface area contributed by atoms with Crippen molar-refractivity contribution >= 4 is 27.4 Å². The Morgan fingerprint density at radius 2 is 2.25 bits per heavy atom. The minimum atomic E-state index is 0.663. The molecular weight excluding hydrogens is 220 g/mol. The third-order valence-electron chi connectivity index (χ3n) is 2.57. The quantitative estimate of drug-likeness (QED) is 0.697. The second-order valence-corrected chi connectivity index (χ2v) is 4.43. The molecule has 5 heteroatoms. The highest BCUT2D eigenvalue weighted by atomic mass is 32.1. The maximum absolute atomic E-state index is 5.79. The standard InChI is InChI=1S/C11H10N4S/c1-15-10(12)5-9(14-15)8-4-2-3-7-6-13-16-11(7)8/h2-6H,12H2,1H3. The van der Waals surface area contributed by atoms with Crippen molar-refractivity contribution in [3.05, 3.63) is 30.5 Å². The molecule has 0 aliphatic rings. The largest absolute Gasteiger partial charge is 0.384 e. The summed E-state index contributed by atoms with van der Waals surface area (Å²) in [7, 11) is 1.84. The van der Waals surface area contributed by atoms with E-state index in [2.05, 4.69) is 15.5 Å². The van der Waals surface area contributed by atoms with Crippen molar-refractivity contribution in [2.45, 2.75) is 0 Å². The summed E-state index contributed by atoms with van der Waals surface area (Å²) in [5.41, 5.74) is 7.77. The number of fused-ring (bicyclic) bond motifs is 1. The number of nitrogen functional groups attached to an aromatic ring is 1. The predicted molar refractivity (Wildman–Crippen MR) is 66.2 cm³/mol. The molecule has 0 saturated heterocycles. The van der Waals surface area contributed by atoms with Crippen molar-refractivity contribution in [1.82, 2.24) is 14.2 Å². The van der Waals surface area contributed by atoms with Gasteiger partial charge in [0.05, 0.1) is 10.4 Å². The zero-order chi connectivity index (χ0) is 11.1. The highest BCUT2D eigenvalue weighted by Gasteiger charge is 2.09. The van der Waals surface area contributed by atoms with Crippen LogP contribution in [0.2, 0.25) is 0 Å². The van der Waals surface area contributed by atoms with Gasteiger partial charge in [-0.2, -0.15) is 9.47 Å². The SMILES string of the molecule is Cn1nc(-c2cccc3cnsc23)cc1N. The Morgan fingerprint density at radius 3 is 3.00 bits per heavy atom. The zero-order valence-electron chi connectivity index (χ0n) is 8.71. The van der Waals surface area contributed by atoms with E-state index in [1.54, 1.807) is 4.68 Å². The summed E-state index contributed by atoms with van der Waals surface area (Å²) >= 11 is 1.48. The first-order valence-corrected chi connectivity index (χ1v) is 5.66. The second kappa shape index (κ2) is 3.31. The van der Waals surface area contributed by atoms with E-state index < -0.39 is 0 Å². The summed E-state index contributed by atoms with van der Waals surface area (Å²) < 4.78 is 7.02. The van der Waals surface area contributed by atoms with Gasteiger partial charge in [0.25, 0.3) is 0 Å². The molecule has 0 saturated carbocycles. The van der Waals surface area contributed by atoms with Crippen LogP contribution in [0.5, 0.6) is 0 Å². The lowest BCUT2D eigenvalue weighted by Gasteiger charge is -1.97. The van der Waals surface area contributed by atoms with E-state index in [1.165, 1.54) is 11.5 Å². The zero-order valence-corrected chi connectivity index (χ0v) is 9.53. The van der Waals surface area contributed by atoms with Gasteiger partial charge in [0, 0.05) is 30.3 Å². The van der Waals surface area contributed by atoms with E-state index in [1.807, 2.05) is 31.4 Å². The molecule has 4 nitrogen and oxygen atoms in total. The number of nitrogens with two attached hydrogens (primary N) is 1. The molecular formula is C11H10N4S. The third kappa shape index (κ3) is 1.29. The summed E-state index contributed by atoms with van der Waals surface area (Å²) in [6.45, 7) is 0. The van der Waals surface area contributed by atoms with E-state index in [-0.39, 0.29) is 0 Å². The van der Waals surface area contributed by atoms with Gasteiger partial charge < -0.3 is 5.73 Å². The fourth-order valence-electron chi connectivity index (χ4n) is 1.71. The minimum absolute atomic E-state index is 0.663. The molecule has 2 aromatic heterocycles. The van der Waals surface area contributed by atoms with Crippen molar-refractivity contribution in [2.24, 2.45) is 7.05 Å². The predicted octanol–water partition coefficient (Wildman–Crippen LogP) is 2.28. The van der Waals surface area contributed by atoms with E-state index in [0.717, 1.165) is 21.3 Å². The Bertz CT molecular complexity index is 633. The van der Waals surface area contributed by atoms with Gasteiger partial charge in [0.1, 0.15) is 5.82 Å². The van der Waals surface area contributed by atoms with Crippen LogP contribution in [0.4, 0.5) is 5.82 Å². The number of aromatic nitrogens is 3. The number of anilines is 1. The van der Waals surface area contributed by atoms with Gasteiger partial charge in [0.15, 0.2) is 0 Å². The van der Waals surface area contributed by atoms with Crippen LogP contribution in [-0.2, 0) is 7.05 Å². The van der Waals surface area contributed by atoms with Crippen molar-refractivity contribution in [3.63, 3.8) is 0 Å². The lowest BCUT2D eigenvalue weighted by Crippen LogP contribution is -1.96. The summed E-state index contributed by atoms with van der Waals surface area (Å²) in [4.78, 5) is 0. The Labute approximate surface area is 96.5 Å². The van der Waals surface area contributed by atoms with Crippen LogP contribution in [0.25, 0.3) is 21.3 Å². The van der Waals surface area contributed by atoms with E-state index in [9.17, 15) is 0 Å². The van der Waals surface area contributed by atoms with Gasteiger partial charge in [0.2, 0.25) is 0 Å². The van der Waals surface area contributed by atoms with Gasteiger partial charge in [-0.15, -0.1) is 0 Å². The smallest absolute Gasteiger partial charge is 0.121 e. The fourth-order valence-corrected chi connectivity index (χ4v) is 2.48. The first kappa shape index (κ1) is 9.35. The van der Waals surface area contributed by atoms with E-state index in [0.29, 0.717) is 5.82 Å². The van der Waals surface area contributed by atoms with Crippen molar-refractivity contribution < 1.29 is 0 Å². The molecule has 0 amide bonds. The number of nitrogens with zero attached hydrogens (tertiary/aromatic N) is 3. The highest BCUT2D eigenvalue weighted by Crippen LogP contribution is 2.30. The topological polar surface area (TPSA) is 56.7 Å². The molecule has 16 heavy (non-hydrogen) atoms. The Kier molecular flexibility index (Phi) is 1.94. The lowest BCUT2D eigenvalue weighted by molar-refractivity contribution is 0.782. The molecule has 2 N–H and O–H groups in total. The van der Waals surface area contributed by atoms with Crippen molar-refractivity contribution in [2.75, 3.05) is 5.73 Å². The van der Waals surface area contributed by atoms with Crippen LogP contribution >= 0.6 is 11.5 Å². The number of hydrogen-bond donors (Lipinski definition) is 1. The first-order valence-electron chi connectivity index (χ1n) is 4.89. The molecule has 0 fully saturated rings. The van der Waals surface area contributed by atoms with Gasteiger partial charge >= 0.3 is 0 Å². The summed E-state index contributed by atoms with van der Waals surface area (Å²) in [6, 6.07) is 7.99. The molecule has 0 radical (unpaired) electrons. The van der Waals surface area contributed by atoms with E-state index >= 15 is 0 Å². The van der Waals surface area contributed by atoms with Gasteiger partial charge in [-0.05, 0) is 11.5 Å². The molecule has 0 aliphatic heterocycles. The van der Waals surface area contributed by atoms with Crippen LogP contribution in [0, 0.1) is 0 Å². The van der Waals surface area contributed by atoms with Gasteiger partial charge in [-0.3, -0.25) is 4.68 Å². The molecule has 0 bridgehead atoms. The maximum Gasteiger partial charge on any atom is 0.121 e. The molecule has 0 unspecified atom stereocenters. The monoisotopic (exact) mass is 230 g/mol. The number of hydrogen-bond acceptors (Lipinski definition) is 4. The molecule has 2 heterocycles. The average molecular weight is 230 g/mol. The molecule has 0 aliphatic carbocycles. The van der Waals surface area contributed by atoms with Gasteiger partial charge in [-0.1, -0.05) is 18.2 Å². The number of rotatable bonds is 1. The Hall–Kier alpha value is -1.88. The second-order valence-electron chi connectivity index (χ2n) is 3.63. The fraction of sp³-hybridized carbons (Fsp3) is 0.0909. The molecule has 1 aromatic carbocycles. The van der Waals surface area contributed by atoms with Crippen LogP contribution in [-0.4, -0.2) is 14.2 Å². The van der Waals surface area contributed by atoms with Crippen molar-refractivity contribution in [3.8, 4) is 11.3 Å². The summed E-state index contributed by atoms with van der Waals surface area (Å²) in [6.07, 6.45) is 1.87. The minimum Gasteiger partial charge on any atom is -0.384 e. The van der Waals surface area contributed by atoms with Crippen molar-refractivity contribution in [1.29, 1.82) is 0 Å². The molecule has 0 spiro atoms. The van der Waals surface area contributed by atoms with E-state index in [4.69, 9.17) is 5.73 Å². The number of benzene rings is 1. The molecule has 3 rings (SSSR count). The normalized spacial score (nSPS) is 11.1. The maximum atomic E-state index is 5.79. The third-order valence-corrected chi connectivity index (χ3v) is 3.42. The summed E-state index contributed by atoms with van der Waals surface area (Å²) in [5, 5.41) is 5.53. The Balaban J connectivity index is 2.29. The van der Waals surface area contributed by atoms with Crippen LogP contribution in [0.1, 0.15) is 0 Å². The van der Waals surface area contributed by atoms with Gasteiger partial charge in [-0.25, -0.2) is 0 Å². The number of aryl methyl sites for hydroxylation is 1. The highest BCUT2D eigenvalue weighted by molar-refractivity contribution is 7.13. The van der Waals surface area contributed by atoms with Crippen LogP contribution in [0.15, 0.2) is 30.5 Å².